The maximum atomic E-state index is 12.3. The summed E-state index contributed by atoms with van der Waals surface area (Å²) >= 11 is 5.75. The molecule has 1 amide bonds. The number of alkyl halides is 1. The second kappa shape index (κ2) is 5.75. The number of amides is 1. The van der Waals surface area contributed by atoms with Gasteiger partial charge >= 0.3 is 0 Å². The highest BCUT2D eigenvalue weighted by atomic mass is 35.5. The molecule has 100 valence electrons. The number of rotatable bonds is 4. The minimum Gasteiger partial charge on any atom is -0.347 e. The van der Waals surface area contributed by atoms with Gasteiger partial charge in [0.15, 0.2) is 0 Å². The predicted octanol–water partition coefficient (Wildman–Crippen LogP) is 3.75. The van der Waals surface area contributed by atoms with Crippen LogP contribution in [0, 0.1) is 20.8 Å². The molecule has 0 aliphatic carbocycles. The van der Waals surface area contributed by atoms with Crippen molar-refractivity contribution in [3.63, 3.8) is 0 Å². The summed E-state index contributed by atoms with van der Waals surface area (Å²) in [5, 5.41) is 3.05. The minimum absolute atomic E-state index is 0.0138. The van der Waals surface area contributed by atoms with Gasteiger partial charge in [-0.15, -0.1) is 11.6 Å². The molecule has 2 nitrogen and oxygen atoms in total. The second-order valence-electron chi connectivity index (χ2n) is 5.55. The van der Waals surface area contributed by atoms with E-state index in [0.29, 0.717) is 5.88 Å². The molecule has 0 aromatic heterocycles. The molecule has 1 aromatic rings. The Kier molecular flexibility index (Phi) is 4.80. The van der Waals surface area contributed by atoms with Gasteiger partial charge in [-0.1, -0.05) is 17.7 Å². The van der Waals surface area contributed by atoms with E-state index in [-0.39, 0.29) is 11.4 Å². The third-order valence-electron chi connectivity index (χ3n) is 3.08. The molecule has 3 heteroatoms. The van der Waals surface area contributed by atoms with Crippen molar-refractivity contribution in [1.82, 2.24) is 5.32 Å². The Morgan fingerprint density at radius 2 is 1.72 bits per heavy atom. The Hall–Kier alpha value is -1.02. The number of hydrogen-bond acceptors (Lipinski definition) is 1. The maximum Gasteiger partial charge on any atom is 0.252 e. The number of halogens is 1. The van der Waals surface area contributed by atoms with Crippen molar-refractivity contribution in [2.24, 2.45) is 0 Å². The summed E-state index contributed by atoms with van der Waals surface area (Å²) in [4.78, 5) is 12.3. The average molecular weight is 268 g/mol. The van der Waals surface area contributed by atoms with E-state index in [9.17, 15) is 4.79 Å². The highest BCUT2D eigenvalue weighted by molar-refractivity contribution is 6.17. The van der Waals surface area contributed by atoms with Crippen LogP contribution in [0.4, 0.5) is 0 Å². The first-order chi connectivity index (χ1) is 8.26. The van der Waals surface area contributed by atoms with Crippen LogP contribution in [-0.4, -0.2) is 17.3 Å². The molecule has 1 aromatic carbocycles. The van der Waals surface area contributed by atoms with Crippen LogP contribution in [0.5, 0.6) is 0 Å². The van der Waals surface area contributed by atoms with E-state index in [1.165, 1.54) is 5.56 Å². The Morgan fingerprint density at radius 3 is 2.17 bits per heavy atom. The third kappa shape index (κ3) is 3.74. The summed E-state index contributed by atoms with van der Waals surface area (Å²) in [6.45, 7) is 9.98. The van der Waals surface area contributed by atoms with Gasteiger partial charge in [0.25, 0.3) is 5.91 Å². The minimum atomic E-state index is -0.275. The fourth-order valence-corrected chi connectivity index (χ4v) is 2.68. The molecule has 0 saturated heterocycles. The zero-order valence-corrected chi connectivity index (χ0v) is 12.6. The van der Waals surface area contributed by atoms with Crippen molar-refractivity contribution in [3.05, 3.63) is 34.4 Å². The third-order valence-corrected chi connectivity index (χ3v) is 3.26. The Bertz CT molecular complexity index is 429. The topological polar surface area (TPSA) is 29.1 Å². The first-order valence-electron chi connectivity index (χ1n) is 6.23. The van der Waals surface area contributed by atoms with Crippen LogP contribution >= 0.6 is 11.6 Å². The van der Waals surface area contributed by atoms with Crippen molar-refractivity contribution in [2.45, 2.75) is 46.6 Å². The van der Waals surface area contributed by atoms with E-state index < -0.39 is 0 Å². The first kappa shape index (κ1) is 15.0. The van der Waals surface area contributed by atoms with Crippen LogP contribution in [-0.2, 0) is 0 Å². The van der Waals surface area contributed by atoms with Gasteiger partial charge in [-0.05, 0) is 52.2 Å². The number of aryl methyl sites for hydroxylation is 3. The quantitative estimate of drug-likeness (QED) is 0.827. The molecule has 0 saturated carbocycles. The predicted molar refractivity (Wildman–Crippen MR) is 77.5 cm³/mol. The number of nitrogens with one attached hydrogen (secondary N) is 1. The zero-order valence-electron chi connectivity index (χ0n) is 11.9. The molecule has 0 heterocycles. The fourth-order valence-electron chi connectivity index (χ4n) is 2.21. The molecule has 0 spiro atoms. The monoisotopic (exact) mass is 267 g/mol. The number of hydrogen-bond donors (Lipinski definition) is 1. The number of benzene rings is 1. The summed E-state index contributed by atoms with van der Waals surface area (Å²) in [5.74, 6) is 0.527. The van der Waals surface area contributed by atoms with Crippen molar-refractivity contribution in [3.8, 4) is 0 Å². The summed E-state index contributed by atoms with van der Waals surface area (Å²) in [5.41, 5.74) is 3.73. The molecular formula is C15H22ClNO. The lowest BCUT2D eigenvalue weighted by Gasteiger charge is -2.26. The van der Waals surface area contributed by atoms with Crippen LogP contribution < -0.4 is 5.32 Å². The average Bonchev–Trinajstić information content (AvgIpc) is 2.13. The smallest absolute Gasteiger partial charge is 0.252 e. The van der Waals surface area contributed by atoms with Crippen molar-refractivity contribution >= 4 is 17.5 Å². The molecule has 0 unspecified atom stereocenters. The van der Waals surface area contributed by atoms with Crippen LogP contribution in [0.2, 0.25) is 0 Å². The fraction of sp³-hybridized carbons (Fsp3) is 0.533. The van der Waals surface area contributed by atoms with Gasteiger partial charge in [-0.2, -0.15) is 0 Å². The van der Waals surface area contributed by atoms with Crippen LogP contribution in [0.3, 0.4) is 0 Å². The van der Waals surface area contributed by atoms with Gasteiger partial charge in [0.1, 0.15) is 0 Å². The summed E-state index contributed by atoms with van der Waals surface area (Å²) in [7, 11) is 0. The molecule has 0 bridgehead atoms. The maximum absolute atomic E-state index is 12.3. The molecule has 0 radical (unpaired) electrons. The lowest BCUT2D eigenvalue weighted by atomic mass is 9.96. The van der Waals surface area contributed by atoms with E-state index in [4.69, 9.17) is 11.6 Å². The summed E-state index contributed by atoms with van der Waals surface area (Å²) < 4.78 is 0. The molecule has 0 fully saturated rings. The molecule has 1 rings (SSSR count). The number of carbonyl (C=O) groups excluding carboxylic acids is 1. The molecule has 18 heavy (non-hydrogen) atoms. The van der Waals surface area contributed by atoms with Crippen molar-refractivity contribution in [1.29, 1.82) is 0 Å². The molecule has 0 aliphatic heterocycles. The lowest BCUT2D eigenvalue weighted by Crippen LogP contribution is -2.44. The van der Waals surface area contributed by atoms with Gasteiger partial charge < -0.3 is 5.32 Å². The van der Waals surface area contributed by atoms with Gasteiger partial charge in [0, 0.05) is 17.0 Å². The van der Waals surface area contributed by atoms with Crippen LogP contribution in [0.15, 0.2) is 12.1 Å². The Balaban J connectivity index is 2.98. The first-order valence-corrected chi connectivity index (χ1v) is 6.76. The molecular weight excluding hydrogens is 246 g/mol. The van der Waals surface area contributed by atoms with Crippen LogP contribution in [0.1, 0.15) is 47.3 Å². The van der Waals surface area contributed by atoms with E-state index in [1.807, 2.05) is 46.8 Å². The Morgan fingerprint density at radius 1 is 1.22 bits per heavy atom. The number of carbonyl (C=O) groups is 1. The van der Waals surface area contributed by atoms with Gasteiger partial charge in [-0.25, -0.2) is 0 Å². The van der Waals surface area contributed by atoms with Crippen LogP contribution in [0.25, 0.3) is 0 Å². The zero-order chi connectivity index (χ0) is 13.9. The Labute approximate surface area is 115 Å². The molecule has 1 N–H and O–H groups in total. The largest absolute Gasteiger partial charge is 0.347 e. The second-order valence-corrected chi connectivity index (χ2v) is 5.93. The van der Waals surface area contributed by atoms with Gasteiger partial charge in [-0.3, -0.25) is 4.79 Å². The highest BCUT2D eigenvalue weighted by Gasteiger charge is 2.22. The van der Waals surface area contributed by atoms with E-state index in [0.717, 1.165) is 23.1 Å². The van der Waals surface area contributed by atoms with E-state index in [1.54, 1.807) is 0 Å². The SMILES string of the molecule is Cc1cc(C)c(C(=O)NC(C)(C)CCCl)c(C)c1. The highest BCUT2D eigenvalue weighted by Crippen LogP contribution is 2.18. The van der Waals surface area contributed by atoms with Gasteiger partial charge in [0.05, 0.1) is 0 Å². The normalized spacial score (nSPS) is 11.4. The van der Waals surface area contributed by atoms with E-state index in [2.05, 4.69) is 5.32 Å². The van der Waals surface area contributed by atoms with Crippen molar-refractivity contribution in [2.75, 3.05) is 5.88 Å². The standard InChI is InChI=1S/C15H22ClNO/c1-10-8-11(2)13(12(3)9-10)14(18)17-15(4,5)6-7-16/h8-9H,6-7H2,1-5H3,(H,17,18). The van der Waals surface area contributed by atoms with Gasteiger partial charge in [0.2, 0.25) is 0 Å². The summed E-state index contributed by atoms with van der Waals surface area (Å²) in [6.07, 6.45) is 0.754. The van der Waals surface area contributed by atoms with E-state index >= 15 is 0 Å². The molecule has 0 aliphatic rings. The lowest BCUT2D eigenvalue weighted by molar-refractivity contribution is 0.0910. The molecule has 0 atom stereocenters. The summed E-state index contributed by atoms with van der Waals surface area (Å²) in [6, 6.07) is 4.08. The van der Waals surface area contributed by atoms with Crippen molar-refractivity contribution < 1.29 is 4.79 Å².